The topological polar surface area (TPSA) is 78.8 Å². The van der Waals surface area contributed by atoms with Crippen molar-refractivity contribution in [2.45, 2.75) is 51.0 Å². The van der Waals surface area contributed by atoms with Crippen LogP contribution in [0.2, 0.25) is 10.3 Å². The molecule has 0 radical (unpaired) electrons. The van der Waals surface area contributed by atoms with Crippen LogP contribution in [-0.2, 0) is 4.74 Å². The van der Waals surface area contributed by atoms with Gasteiger partial charge in [-0.3, -0.25) is 4.90 Å². The van der Waals surface area contributed by atoms with E-state index >= 15 is 0 Å². The fourth-order valence-electron chi connectivity index (χ4n) is 4.08. The zero-order valence-corrected chi connectivity index (χ0v) is 19.6. The average molecular weight is 522 g/mol. The molecule has 1 aromatic heterocycles. The van der Waals surface area contributed by atoms with Gasteiger partial charge in [0.1, 0.15) is 16.9 Å². The molecular formula is C19H20BrCl2FN4O3. The van der Waals surface area contributed by atoms with Gasteiger partial charge in [-0.2, -0.15) is 4.98 Å². The SMILES string of the molecule is CC(C)(C)OC(=O)N1[C@@H]2C[C@@H](O)[C@H]1CN(c1nc(Cl)nc3c(F)c(Br)c(Cl)cc13)C2. The molecular weight excluding hydrogens is 502 g/mol. The molecule has 2 saturated heterocycles. The summed E-state index contributed by atoms with van der Waals surface area (Å²) in [6, 6.07) is 0.806. The van der Waals surface area contributed by atoms with Crippen LogP contribution in [0.25, 0.3) is 10.9 Å². The molecule has 7 nitrogen and oxygen atoms in total. The molecule has 2 aliphatic heterocycles. The lowest BCUT2D eigenvalue weighted by molar-refractivity contribution is 0.00605. The van der Waals surface area contributed by atoms with Gasteiger partial charge in [0.25, 0.3) is 0 Å². The smallest absolute Gasteiger partial charge is 0.411 e. The Kier molecular flexibility index (Phi) is 5.53. The summed E-state index contributed by atoms with van der Waals surface area (Å²) in [5.74, 6) is -0.218. The summed E-state index contributed by atoms with van der Waals surface area (Å²) >= 11 is 15.4. The Morgan fingerprint density at radius 2 is 2.03 bits per heavy atom. The summed E-state index contributed by atoms with van der Waals surface area (Å²) < 4.78 is 20.4. The molecule has 2 aromatic rings. The third-order valence-corrected chi connectivity index (χ3v) is 6.70. The molecule has 2 fully saturated rings. The number of aliphatic hydroxyl groups excluding tert-OH is 1. The summed E-state index contributed by atoms with van der Waals surface area (Å²) in [6.45, 7) is 6.06. The molecule has 30 heavy (non-hydrogen) atoms. The minimum Gasteiger partial charge on any atom is -0.444 e. The van der Waals surface area contributed by atoms with Gasteiger partial charge < -0.3 is 14.7 Å². The summed E-state index contributed by atoms with van der Waals surface area (Å²) in [5, 5.41) is 11.0. The summed E-state index contributed by atoms with van der Waals surface area (Å²) in [5.41, 5.74) is -0.597. The molecule has 0 unspecified atom stereocenters. The van der Waals surface area contributed by atoms with Gasteiger partial charge in [-0.1, -0.05) is 11.6 Å². The molecule has 162 valence electrons. The summed E-state index contributed by atoms with van der Waals surface area (Å²) in [6.07, 6.45) is -0.750. The highest BCUT2D eigenvalue weighted by Crippen LogP contribution is 2.39. The van der Waals surface area contributed by atoms with Gasteiger partial charge in [0.05, 0.1) is 27.7 Å². The number of fused-ring (bicyclic) bond motifs is 3. The van der Waals surface area contributed by atoms with Crippen molar-refractivity contribution in [3.05, 3.63) is 26.7 Å². The van der Waals surface area contributed by atoms with E-state index in [0.29, 0.717) is 24.2 Å². The largest absolute Gasteiger partial charge is 0.444 e. The van der Waals surface area contributed by atoms with E-state index in [0.717, 1.165) is 0 Å². The van der Waals surface area contributed by atoms with Crippen molar-refractivity contribution in [1.29, 1.82) is 0 Å². The fraction of sp³-hybridized carbons (Fsp3) is 0.526. The molecule has 1 amide bonds. The van der Waals surface area contributed by atoms with Crippen LogP contribution in [0.3, 0.4) is 0 Å². The van der Waals surface area contributed by atoms with Crippen LogP contribution >= 0.6 is 39.1 Å². The standard InChI is InChI=1S/C19H20BrCl2FN4O3/c1-19(2,3)30-18(29)27-8-4-12(28)11(27)7-26(6-8)16-9-5-10(21)13(20)14(23)15(9)24-17(22)25-16/h5,8,11-12,28H,4,6-7H2,1-3H3/t8-,11-,12-/m1/s1. The molecule has 0 saturated carbocycles. The molecule has 3 atom stereocenters. The highest BCUT2D eigenvalue weighted by atomic mass is 79.9. The number of nitrogens with zero attached hydrogens (tertiary/aromatic N) is 4. The van der Waals surface area contributed by atoms with E-state index in [1.165, 1.54) is 0 Å². The van der Waals surface area contributed by atoms with Gasteiger partial charge in [-0.05, 0) is 60.8 Å². The lowest BCUT2D eigenvalue weighted by atomic mass is 10.1. The zero-order valence-electron chi connectivity index (χ0n) is 16.5. The number of ether oxygens (including phenoxy) is 1. The maximum absolute atomic E-state index is 14.7. The Hall–Kier alpha value is -1.42. The number of halogens is 4. The molecule has 4 rings (SSSR count). The first-order valence-electron chi connectivity index (χ1n) is 9.41. The van der Waals surface area contributed by atoms with Crippen molar-refractivity contribution in [3.63, 3.8) is 0 Å². The van der Waals surface area contributed by atoms with Crippen LogP contribution in [0, 0.1) is 5.82 Å². The Morgan fingerprint density at radius 3 is 2.67 bits per heavy atom. The first-order valence-corrected chi connectivity index (χ1v) is 11.0. The van der Waals surface area contributed by atoms with Crippen molar-refractivity contribution in [2.24, 2.45) is 0 Å². The Balaban J connectivity index is 1.71. The maximum Gasteiger partial charge on any atom is 0.411 e. The van der Waals surface area contributed by atoms with Crippen molar-refractivity contribution in [2.75, 3.05) is 18.0 Å². The second-order valence-corrected chi connectivity index (χ2v) is 10.1. The van der Waals surface area contributed by atoms with Crippen LogP contribution in [0.5, 0.6) is 0 Å². The summed E-state index contributed by atoms with van der Waals surface area (Å²) in [7, 11) is 0. The molecule has 2 bridgehead atoms. The number of benzene rings is 1. The molecule has 1 aromatic carbocycles. The number of amides is 1. The quantitative estimate of drug-likeness (QED) is 0.442. The normalized spacial score (nSPS) is 23.9. The van der Waals surface area contributed by atoms with Crippen LogP contribution < -0.4 is 4.90 Å². The van der Waals surface area contributed by atoms with Gasteiger partial charge in [0, 0.05) is 18.5 Å². The lowest BCUT2D eigenvalue weighted by Crippen LogP contribution is -2.58. The number of anilines is 1. The molecule has 11 heteroatoms. The number of aliphatic hydroxyl groups is 1. The molecule has 2 aliphatic rings. The summed E-state index contributed by atoms with van der Waals surface area (Å²) in [4.78, 5) is 24.5. The predicted molar refractivity (Wildman–Crippen MR) is 116 cm³/mol. The molecule has 0 aliphatic carbocycles. The maximum atomic E-state index is 14.7. The van der Waals surface area contributed by atoms with Gasteiger partial charge in [0.2, 0.25) is 5.28 Å². The number of hydrogen-bond acceptors (Lipinski definition) is 6. The molecule has 0 spiro atoms. The number of rotatable bonds is 1. The first kappa shape index (κ1) is 21.8. The number of aromatic nitrogens is 2. The Labute approximate surface area is 191 Å². The van der Waals surface area contributed by atoms with Crippen molar-refractivity contribution >= 4 is 61.9 Å². The highest BCUT2D eigenvalue weighted by molar-refractivity contribution is 9.10. The van der Waals surface area contributed by atoms with Crippen LogP contribution in [0.1, 0.15) is 27.2 Å². The van der Waals surface area contributed by atoms with Crippen LogP contribution in [-0.4, -0.2) is 62.9 Å². The number of carbonyl (C=O) groups excluding carboxylic acids is 1. The lowest BCUT2D eigenvalue weighted by Gasteiger charge is -2.42. The van der Waals surface area contributed by atoms with E-state index in [9.17, 15) is 14.3 Å². The minimum atomic E-state index is -0.703. The molecule has 3 heterocycles. The fourth-order valence-corrected chi connectivity index (χ4v) is 4.73. The third kappa shape index (κ3) is 3.81. The predicted octanol–water partition coefficient (Wildman–Crippen LogP) is 4.40. The Bertz CT molecular complexity index is 1040. The minimum absolute atomic E-state index is 0.0451. The van der Waals surface area contributed by atoms with Crippen molar-refractivity contribution in [3.8, 4) is 0 Å². The number of carbonyl (C=O) groups is 1. The van der Waals surface area contributed by atoms with E-state index in [-0.39, 0.29) is 32.9 Å². The first-order chi connectivity index (χ1) is 14.0. The van der Waals surface area contributed by atoms with Gasteiger partial charge in [0.15, 0.2) is 5.82 Å². The second kappa shape index (κ2) is 7.62. The third-order valence-electron chi connectivity index (χ3n) is 5.23. The molecule has 1 N–H and O–H groups in total. The van der Waals surface area contributed by atoms with Crippen LogP contribution in [0.4, 0.5) is 15.0 Å². The van der Waals surface area contributed by atoms with Gasteiger partial charge in [-0.25, -0.2) is 14.2 Å². The van der Waals surface area contributed by atoms with Crippen molar-refractivity contribution in [1.82, 2.24) is 14.9 Å². The van der Waals surface area contributed by atoms with Gasteiger partial charge in [-0.15, -0.1) is 0 Å². The average Bonchev–Trinajstić information content (AvgIpc) is 2.84. The van der Waals surface area contributed by atoms with Gasteiger partial charge >= 0.3 is 6.09 Å². The highest BCUT2D eigenvalue weighted by Gasteiger charge is 2.49. The second-order valence-electron chi connectivity index (χ2n) is 8.52. The van der Waals surface area contributed by atoms with Crippen molar-refractivity contribution < 1.29 is 19.0 Å². The monoisotopic (exact) mass is 520 g/mol. The van der Waals surface area contributed by atoms with E-state index < -0.39 is 29.7 Å². The Morgan fingerprint density at radius 1 is 1.33 bits per heavy atom. The van der Waals surface area contributed by atoms with E-state index in [1.54, 1.807) is 31.7 Å². The van der Waals surface area contributed by atoms with Crippen LogP contribution in [0.15, 0.2) is 10.5 Å². The van der Waals surface area contributed by atoms with E-state index in [4.69, 9.17) is 27.9 Å². The van der Waals surface area contributed by atoms with E-state index in [1.807, 2.05) is 4.90 Å². The van der Waals surface area contributed by atoms with E-state index in [2.05, 4.69) is 25.9 Å². The number of piperazine rings is 1. The zero-order chi connectivity index (χ0) is 22.0. The number of hydrogen-bond donors (Lipinski definition) is 1.